The fourth-order valence-electron chi connectivity index (χ4n) is 4.04. The van der Waals surface area contributed by atoms with Gasteiger partial charge < -0.3 is 4.18 Å². The van der Waals surface area contributed by atoms with E-state index in [2.05, 4.69) is 0 Å². The Balaban J connectivity index is 2.11. The first-order valence-electron chi connectivity index (χ1n) is 9.69. The monoisotopic (exact) mass is 416 g/mol. The summed E-state index contributed by atoms with van der Waals surface area (Å²) < 4.78 is 44.2. The number of benzene rings is 2. The summed E-state index contributed by atoms with van der Waals surface area (Å²) in [6.45, 7) is 7.79. The van der Waals surface area contributed by atoms with Crippen LogP contribution in [0.5, 0.6) is 0 Å². The van der Waals surface area contributed by atoms with Gasteiger partial charge in [-0.15, -0.1) is 0 Å². The average Bonchev–Trinajstić information content (AvgIpc) is 2.90. The number of carbonyl (C=O) groups excluding carboxylic acids is 1. The van der Waals surface area contributed by atoms with Crippen LogP contribution in [0.25, 0.3) is 5.57 Å². The maximum atomic E-state index is 13.2. The maximum Gasteiger partial charge on any atom is 0.338 e. The van der Waals surface area contributed by atoms with Crippen LogP contribution in [0.1, 0.15) is 48.4 Å². The number of halogens is 1. The molecule has 0 aliphatic heterocycles. The molecule has 3 rings (SSSR count). The SMILES string of the molecule is CCCC1CC(OS(=O)(=O)c2ccc(F)cc2)=C(c2c(C)cc(C)cc2C)C1=O. The second-order valence-corrected chi connectivity index (χ2v) is 9.16. The molecule has 0 amide bonds. The van der Waals surface area contributed by atoms with Crippen molar-refractivity contribution in [3.63, 3.8) is 0 Å². The molecule has 1 aliphatic rings. The standard InChI is InChI=1S/C23H25FO4S/c1-5-6-17-13-20(28-29(26,27)19-9-7-18(24)8-10-19)22(23(17)25)21-15(3)11-14(2)12-16(21)4/h7-12,17H,5-6,13H2,1-4H3. The quantitative estimate of drug-likeness (QED) is 0.603. The summed E-state index contributed by atoms with van der Waals surface area (Å²) in [5.74, 6) is -0.735. The number of Topliss-reactive ketones (excluding diaryl/α,β-unsaturated/α-hetero) is 1. The van der Waals surface area contributed by atoms with Crippen LogP contribution in [0.4, 0.5) is 4.39 Å². The topological polar surface area (TPSA) is 60.4 Å². The van der Waals surface area contributed by atoms with E-state index in [4.69, 9.17) is 4.18 Å². The molecule has 4 nitrogen and oxygen atoms in total. The van der Waals surface area contributed by atoms with Gasteiger partial charge in [0.1, 0.15) is 16.5 Å². The van der Waals surface area contributed by atoms with E-state index in [9.17, 15) is 17.6 Å². The van der Waals surface area contributed by atoms with Gasteiger partial charge in [-0.05, 0) is 68.1 Å². The molecule has 2 aromatic rings. The summed E-state index contributed by atoms with van der Waals surface area (Å²) in [5, 5.41) is 0. The third-order valence-electron chi connectivity index (χ3n) is 5.20. The van der Waals surface area contributed by atoms with Crippen LogP contribution in [-0.4, -0.2) is 14.2 Å². The molecule has 2 aromatic carbocycles. The molecule has 0 spiro atoms. The van der Waals surface area contributed by atoms with Crippen molar-refractivity contribution in [2.45, 2.75) is 51.9 Å². The Morgan fingerprint density at radius 1 is 1.07 bits per heavy atom. The molecule has 0 saturated heterocycles. The Labute approximate surface area is 171 Å². The summed E-state index contributed by atoms with van der Waals surface area (Å²) in [6, 6.07) is 8.41. The molecule has 1 aliphatic carbocycles. The second kappa shape index (κ2) is 8.11. The van der Waals surface area contributed by atoms with Crippen LogP contribution in [0, 0.1) is 32.5 Å². The van der Waals surface area contributed by atoms with Crippen LogP contribution in [0.15, 0.2) is 47.1 Å². The van der Waals surface area contributed by atoms with E-state index in [-0.39, 0.29) is 28.8 Å². The third kappa shape index (κ3) is 4.27. The highest BCUT2D eigenvalue weighted by Crippen LogP contribution is 2.41. The molecule has 0 saturated carbocycles. The van der Waals surface area contributed by atoms with E-state index in [1.165, 1.54) is 0 Å². The first kappa shape index (κ1) is 21.2. The zero-order valence-electron chi connectivity index (χ0n) is 17.1. The first-order valence-corrected chi connectivity index (χ1v) is 11.1. The predicted molar refractivity (Wildman–Crippen MR) is 110 cm³/mol. The summed E-state index contributed by atoms with van der Waals surface area (Å²) in [4.78, 5) is 13.0. The Kier molecular flexibility index (Phi) is 5.94. The van der Waals surface area contributed by atoms with Gasteiger partial charge in [0.15, 0.2) is 5.78 Å². The van der Waals surface area contributed by atoms with Crippen molar-refractivity contribution < 1.29 is 21.8 Å². The van der Waals surface area contributed by atoms with Crippen LogP contribution in [0.3, 0.4) is 0 Å². The highest BCUT2D eigenvalue weighted by Gasteiger charge is 2.38. The molecular formula is C23H25FO4S. The van der Waals surface area contributed by atoms with Gasteiger partial charge in [0.25, 0.3) is 0 Å². The van der Waals surface area contributed by atoms with E-state index >= 15 is 0 Å². The largest absolute Gasteiger partial charge is 0.383 e. The van der Waals surface area contributed by atoms with E-state index < -0.39 is 15.9 Å². The Bertz CT molecular complexity index is 1060. The van der Waals surface area contributed by atoms with Crippen LogP contribution >= 0.6 is 0 Å². The lowest BCUT2D eigenvalue weighted by Crippen LogP contribution is -2.11. The van der Waals surface area contributed by atoms with E-state index in [0.717, 1.165) is 52.9 Å². The summed E-state index contributed by atoms with van der Waals surface area (Å²) in [6.07, 6.45) is 1.72. The molecule has 0 heterocycles. The third-order valence-corrected chi connectivity index (χ3v) is 6.47. The van der Waals surface area contributed by atoms with Gasteiger partial charge in [-0.1, -0.05) is 31.0 Å². The number of rotatable bonds is 6. The molecule has 1 unspecified atom stereocenters. The number of allylic oxidation sites excluding steroid dienone is 2. The minimum Gasteiger partial charge on any atom is -0.383 e. The average molecular weight is 417 g/mol. The van der Waals surface area contributed by atoms with Crippen molar-refractivity contribution in [3.8, 4) is 0 Å². The van der Waals surface area contributed by atoms with Gasteiger partial charge in [0, 0.05) is 12.3 Å². The number of hydrogen-bond acceptors (Lipinski definition) is 4. The van der Waals surface area contributed by atoms with Crippen molar-refractivity contribution in [2.75, 3.05) is 0 Å². The molecule has 6 heteroatoms. The van der Waals surface area contributed by atoms with Crippen molar-refractivity contribution in [1.29, 1.82) is 0 Å². The minimum absolute atomic E-state index is 0.0776. The van der Waals surface area contributed by atoms with Gasteiger partial charge in [0.05, 0.1) is 5.57 Å². The van der Waals surface area contributed by atoms with E-state index in [0.29, 0.717) is 12.0 Å². The van der Waals surface area contributed by atoms with E-state index in [1.807, 2.05) is 39.8 Å². The smallest absolute Gasteiger partial charge is 0.338 e. The molecule has 154 valence electrons. The number of ketones is 1. The number of hydrogen-bond donors (Lipinski definition) is 0. The van der Waals surface area contributed by atoms with Gasteiger partial charge in [-0.25, -0.2) is 4.39 Å². The molecule has 0 radical (unpaired) electrons. The Morgan fingerprint density at radius 3 is 2.21 bits per heavy atom. The van der Waals surface area contributed by atoms with Crippen molar-refractivity contribution in [1.82, 2.24) is 0 Å². The lowest BCUT2D eigenvalue weighted by Gasteiger charge is -2.14. The minimum atomic E-state index is -4.17. The van der Waals surface area contributed by atoms with Crippen molar-refractivity contribution in [3.05, 3.63) is 70.2 Å². The van der Waals surface area contributed by atoms with Crippen LogP contribution in [-0.2, 0) is 19.1 Å². The molecule has 29 heavy (non-hydrogen) atoms. The molecule has 0 bridgehead atoms. The van der Waals surface area contributed by atoms with Crippen LogP contribution < -0.4 is 0 Å². The zero-order chi connectivity index (χ0) is 21.3. The lowest BCUT2D eigenvalue weighted by molar-refractivity contribution is -0.116. The molecule has 1 atom stereocenters. The van der Waals surface area contributed by atoms with Crippen molar-refractivity contribution in [2.24, 2.45) is 5.92 Å². The Hall–Kier alpha value is -2.47. The van der Waals surface area contributed by atoms with Crippen LogP contribution in [0.2, 0.25) is 0 Å². The van der Waals surface area contributed by atoms with Gasteiger partial charge in [0.2, 0.25) is 0 Å². The lowest BCUT2D eigenvalue weighted by atomic mass is 9.90. The number of carbonyl (C=O) groups is 1. The van der Waals surface area contributed by atoms with E-state index in [1.54, 1.807) is 0 Å². The molecular weight excluding hydrogens is 391 g/mol. The zero-order valence-corrected chi connectivity index (χ0v) is 17.9. The summed E-state index contributed by atoms with van der Waals surface area (Å²) >= 11 is 0. The summed E-state index contributed by atoms with van der Waals surface area (Å²) in [5.41, 5.74) is 3.97. The predicted octanol–water partition coefficient (Wildman–Crippen LogP) is 5.26. The Morgan fingerprint density at radius 2 is 1.66 bits per heavy atom. The highest BCUT2D eigenvalue weighted by atomic mass is 32.2. The molecule has 0 aromatic heterocycles. The van der Waals surface area contributed by atoms with Crippen molar-refractivity contribution >= 4 is 21.5 Å². The highest BCUT2D eigenvalue weighted by molar-refractivity contribution is 7.86. The fourth-order valence-corrected chi connectivity index (χ4v) is 5.02. The molecule has 0 N–H and O–H groups in total. The van der Waals surface area contributed by atoms with Gasteiger partial charge in [-0.3, -0.25) is 4.79 Å². The fraction of sp³-hybridized carbons (Fsp3) is 0.348. The maximum absolute atomic E-state index is 13.2. The number of aryl methyl sites for hydroxylation is 3. The summed E-state index contributed by atoms with van der Waals surface area (Å²) in [7, 11) is -4.17. The van der Waals surface area contributed by atoms with Gasteiger partial charge >= 0.3 is 10.1 Å². The second-order valence-electron chi connectivity index (χ2n) is 7.62. The molecule has 0 fully saturated rings. The normalized spacial score (nSPS) is 17.1. The first-order chi connectivity index (χ1) is 13.6. The van der Waals surface area contributed by atoms with Gasteiger partial charge in [-0.2, -0.15) is 8.42 Å².